The highest BCUT2D eigenvalue weighted by atomic mass is 16.4. The molecule has 0 saturated carbocycles. The summed E-state index contributed by atoms with van der Waals surface area (Å²) in [4.78, 5) is 10.0. The van der Waals surface area contributed by atoms with Crippen molar-refractivity contribution in [3.05, 3.63) is 24.3 Å². The molecular weight excluding hydrogens is 128 g/mol. The molecule has 10 heavy (non-hydrogen) atoms. The normalized spacial score (nSPS) is 11.1. The Balaban J connectivity index is 3.52. The van der Waals surface area contributed by atoms with Crippen molar-refractivity contribution < 1.29 is 9.90 Å². The first-order valence-corrected chi connectivity index (χ1v) is 3.18. The molecule has 0 rings (SSSR count). The molecule has 0 saturated heterocycles. The molecule has 0 aliphatic heterocycles. The number of carboxylic acid groups (broad SMARTS) is 1. The van der Waals surface area contributed by atoms with Crippen LogP contribution in [0, 0.1) is 0 Å². The SMILES string of the molecule is C=CC(C)=CCCC(=O)O. The van der Waals surface area contributed by atoms with Gasteiger partial charge in [-0.1, -0.05) is 24.3 Å². The van der Waals surface area contributed by atoms with Crippen molar-refractivity contribution in [2.45, 2.75) is 19.8 Å². The van der Waals surface area contributed by atoms with E-state index in [1.54, 1.807) is 6.08 Å². The number of aliphatic carboxylic acids is 1. The van der Waals surface area contributed by atoms with Gasteiger partial charge < -0.3 is 5.11 Å². The largest absolute Gasteiger partial charge is 0.481 e. The van der Waals surface area contributed by atoms with Crippen LogP contribution in [0.5, 0.6) is 0 Å². The molecule has 0 aliphatic carbocycles. The van der Waals surface area contributed by atoms with Gasteiger partial charge in [0, 0.05) is 6.42 Å². The van der Waals surface area contributed by atoms with E-state index in [0.717, 1.165) is 5.57 Å². The van der Waals surface area contributed by atoms with Crippen LogP contribution in [-0.2, 0) is 4.79 Å². The van der Waals surface area contributed by atoms with Crippen molar-refractivity contribution in [3.63, 3.8) is 0 Å². The van der Waals surface area contributed by atoms with E-state index in [2.05, 4.69) is 6.58 Å². The van der Waals surface area contributed by atoms with Crippen molar-refractivity contribution in [3.8, 4) is 0 Å². The van der Waals surface area contributed by atoms with Gasteiger partial charge in [0.15, 0.2) is 0 Å². The summed E-state index contributed by atoms with van der Waals surface area (Å²) in [5.41, 5.74) is 1.03. The van der Waals surface area contributed by atoms with Crippen LogP contribution >= 0.6 is 0 Å². The first-order valence-electron chi connectivity index (χ1n) is 3.18. The Kier molecular flexibility index (Phi) is 4.29. The Bertz CT molecular complexity index is 157. The second kappa shape index (κ2) is 4.79. The third-order valence-corrected chi connectivity index (χ3v) is 1.15. The molecule has 0 atom stereocenters. The molecular formula is C8H12O2. The molecule has 0 amide bonds. The zero-order chi connectivity index (χ0) is 7.98. The average Bonchev–Trinajstić information content (AvgIpc) is 1.87. The van der Waals surface area contributed by atoms with Crippen LogP contribution in [0.3, 0.4) is 0 Å². The Morgan fingerprint density at radius 2 is 2.30 bits per heavy atom. The van der Waals surface area contributed by atoms with Gasteiger partial charge in [0.1, 0.15) is 0 Å². The van der Waals surface area contributed by atoms with E-state index in [1.165, 1.54) is 0 Å². The molecule has 0 heterocycles. The summed E-state index contributed by atoms with van der Waals surface area (Å²) >= 11 is 0. The standard InChI is InChI=1S/C8H12O2/c1-3-7(2)5-4-6-8(9)10/h3,5H,1,4,6H2,2H3,(H,9,10). The minimum Gasteiger partial charge on any atom is -0.481 e. The van der Waals surface area contributed by atoms with Crippen LogP contribution in [0.1, 0.15) is 19.8 Å². The van der Waals surface area contributed by atoms with E-state index >= 15 is 0 Å². The van der Waals surface area contributed by atoms with Crippen molar-refractivity contribution in [2.75, 3.05) is 0 Å². The minimum absolute atomic E-state index is 0.200. The first-order chi connectivity index (χ1) is 4.66. The Morgan fingerprint density at radius 1 is 1.70 bits per heavy atom. The molecule has 0 aliphatic rings. The van der Waals surface area contributed by atoms with E-state index < -0.39 is 5.97 Å². The predicted molar refractivity (Wildman–Crippen MR) is 40.8 cm³/mol. The van der Waals surface area contributed by atoms with E-state index in [4.69, 9.17) is 5.11 Å². The third kappa shape index (κ3) is 5.09. The molecule has 0 unspecified atom stereocenters. The van der Waals surface area contributed by atoms with Crippen molar-refractivity contribution in [1.29, 1.82) is 0 Å². The van der Waals surface area contributed by atoms with Gasteiger partial charge in [-0.2, -0.15) is 0 Å². The lowest BCUT2D eigenvalue weighted by molar-refractivity contribution is -0.136. The lowest BCUT2D eigenvalue weighted by atomic mass is 10.2. The summed E-state index contributed by atoms with van der Waals surface area (Å²) < 4.78 is 0. The fraction of sp³-hybridized carbons (Fsp3) is 0.375. The summed E-state index contributed by atoms with van der Waals surface area (Å²) in [7, 11) is 0. The average molecular weight is 140 g/mol. The molecule has 0 spiro atoms. The van der Waals surface area contributed by atoms with Crippen molar-refractivity contribution >= 4 is 5.97 Å². The van der Waals surface area contributed by atoms with Crippen LogP contribution in [0.4, 0.5) is 0 Å². The second-order valence-corrected chi connectivity index (χ2v) is 2.08. The Hall–Kier alpha value is -1.05. The van der Waals surface area contributed by atoms with E-state index in [9.17, 15) is 4.79 Å². The second-order valence-electron chi connectivity index (χ2n) is 2.08. The van der Waals surface area contributed by atoms with Crippen LogP contribution in [0.25, 0.3) is 0 Å². The topological polar surface area (TPSA) is 37.3 Å². The van der Waals surface area contributed by atoms with Gasteiger partial charge in [-0.15, -0.1) is 0 Å². The third-order valence-electron chi connectivity index (χ3n) is 1.15. The number of carboxylic acids is 1. The maximum absolute atomic E-state index is 10.0. The highest BCUT2D eigenvalue weighted by Crippen LogP contribution is 1.98. The van der Waals surface area contributed by atoms with Gasteiger partial charge in [-0.3, -0.25) is 4.79 Å². The molecule has 0 aromatic heterocycles. The number of hydrogen-bond donors (Lipinski definition) is 1. The van der Waals surface area contributed by atoms with Gasteiger partial charge >= 0.3 is 5.97 Å². The number of carbonyl (C=O) groups is 1. The summed E-state index contributed by atoms with van der Waals surface area (Å²) in [6, 6.07) is 0. The summed E-state index contributed by atoms with van der Waals surface area (Å²) in [6.45, 7) is 5.44. The molecule has 0 bridgehead atoms. The fourth-order valence-electron chi connectivity index (χ4n) is 0.507. The molecule has 1 N–H and O–H groups in total. The van der Waals surface area contributed by atoms with Gasteiger partial charge in [-0.25, -0.2) is 0 Å². The van der Waals surface area contributed by atoms with Gasteiger partial charge in [0.05, 0.1) is 0 Å². The monoisotopic (exact) mass is 140 g/mol. The van der Waals surface area contributed by atoms with E-state index in [1.807, 2.05) is 13.0 Å². The Morgan fingerprint density at radius 3 is 2.70 bits per heavy atom. The molecule has 0 aromatic rings. The van der Waals surface area contributed by atoms with E-state index in [0.29, 0.717) is 6.42 Å². The first kappa shape index (κ1) is 8.95. The van der Waals surface area contributed by atoms with Crippen LogP contribution < -0.4 is 0 Å². The van der Waals surface area contributed by atoms with Gasteiger partial charge in [0.2, 0.25) is 0 Å². The minimum atomic E-state index is -0.756. The van der Waals surface area contributed by atoms with Crippen molar-refractivity contribution in [2.24, 2.45) is 0 Å². The number of rotatable bonds is 4. The van der Waals surface area contributed by atoms with Gasteiger partial charge in [0.25, 0.3) is 0 Å². The van der Waals surface area contributed by atoms with Crippen LogP contribution in [-0.4, -0.2) is 11.1 Å². The molecule has 2 nitrogen and oxygen atoms in total. The maximum atomic E-state index is 10.0. The Labute approximate surface area is 60.9 Å². The van der Waals surface area contributed by atoms with Gasteiger partial charge in [-0.05, 0) is 13.3 Å². The lowest BCUT2D eigenvalue weighted by Gasteiger charge is -1.89. The quantitative estimate of drug-likeness (QED) is 0.606. The predicted octanol–water partition coefficient (Wildman–Crippen LogP) is 1.98. The number of allylic oxidation sites excluding steroid dienone is 3. The molecule has 0 fully saturated rings. The summed E-state index contributed by atoms with van der Waals surface area (Å²) in [5, 5.41) is 8.24. The fourth-order valence-corrected chi connectivity index (χ4v) is 0.507. The van der Waals surface area contributed by atoms with Crippen molar-refractivity contribution in [1.82, 2.24) is 0 Å². The van der Waals surface area contributed by atoms with E-state index in [-0.39, 0.29) is 6.42 Å². The molecule has 56 valence electrons. The zero-order valence-corrected chi connectivity index (χ0v) is 6.13. The zero-order valence-electron chi connectivity index (χ0n) is 6.13. The van der Waals surface area contributed by atoms with Crippen LogP contribution in [0.15, 0.2) is 24.3 Å². The number of hydrogen-bond acceptors (Lipinski definition) is 1. The van der Waals surface area contributed by atoms with Crippen LogP contribution in [0.2, 0.25) is 0 Å². The molecule has 2 heteroatoms. The highest BCUT2D eigenvalue weighted by Gasteiger charge is 1.91. The smallest absolute Gasteiger partial charge is 0.303 e. The molecule has 0 aromatic carbocycles. The summed E-state index contributed by atoms with van der Waals surface area (Å²) in [5.74, 6) is -0.756. The maximum Gasteiger partial charge on any atom is 0.303 e. The highest BCUT2D eigenvalue weighted by molar-refractivity contribution is 5.66. The lowest BCUT2D eigenvalue weighted by Crippen LogP contribution is -1.91. The summed E-state index contributed by atoms with van der Waals surface area (Å²) in [6.07, 6.45) is 4.36. The molecule has 0 radical (unpaired) electrons.